The van der Waals surface area contributed by atoms with E-state index < -0.39 is 0 Å². The van der Waals surface area contributed by atoms with Crippen molar-refractivity contribution in [3.05, 3.63) is 22.4 Å². The first-order valence-electron chi connectivity index (χ1n) is 6.33. The molecule has 96 valence electrons. The summed E-state index contributed by atoms with van der Waals surface area (Å²) in [6.45, 7) is 5.75. The number of nitrogens with one attached hydrogen (secondary N) is 1. The molecule has 0 bridgehead atoms. The van der Waals surface area contributed by atoms with E-state index >= 15 is 0 Å². The number of rotatable bonds is 5. The molecule has 3 unspecified atom stereocenters. The van der Waals surface area contributed by atoms with Gasteiger partial charge in [0.15, 0.2) is 0 Å². The first-order chi connectivity index (χ1) is 8.33. The summed E-state index contributed by atoms with van der Waals surface area (Å²) in [7, 11) is 0. The van der Waals surface area contributed by atoms with Crippen LogP contribution in [0.4, 0.5) is 0 Å². The summed E-state index contributed by atoms with van der Waals surface area (Å²) in [5, 5.41) is 7.42. The molecule has 0 aromatic carbocycles. The zero-order valence-corrected chi connectivity index (χ0v) is 13.0. The normalized spacial score (nSPS) is 26.9. The van der Waals surface area contributed by atoms with Crippen LogP contribution in [0.2, 0.25) is 0 Å². The van der Waals surface area contributed by atoms with E-state index in [0.717, 1.165) is 17.0 Å². The van der Waals surface area contributed by atoms with Gasteiger partial charge in [-0.25, -0.2) is 0 Å². The van der Waals surface area contributed by atoms with Crippen molar-refractivity contribution in [3.8, 4) is 0 Å². The lowest BCUT2D eigenvalue weighted by Crippen LogP contribution is -2.37. The average Bonchev–Trinajstić information content (AvgIpc) is 2.85. The Morgan fingerprint density at radius 1 is 1.41 bits per heavy atom. The second kappa shape index (κ2) is 7.07. The van der Waals surface area contributed by atoms with Crippen LogP contribution in [0.25, 0.3) is 0 Å². The molecule has 0 amide bonds. The molecule has 2 heterocycles. The van der Waals surface area contributed by atoms with E-state index in [0.29, 0.717) is 6.04 Å². The Hall–Kier alpha value is 0.360. The summed E-state index contributed by atoms with van der Waals surface area (Å²) >= 11 is 6.17. The lowest BCUT2D eigenvalue weighted by molar-refractivity contribution is 0.515. The predicted octanol–water partition coefficient (Wildman–Crippen LogP) is 4.03. The standard InChI is InChI=1S/C13H21NS3/c1-3-6-14-12(11-5-4-7-16-11)13-10(2)15-8-9-17-13/h4-5,7,10,12-14H,3,6,8-9H2,1-2H3. The maximum absolute atomic E-state index is 3.75. The van der Waals surface area contributed by atoms with Crippen molar-refractivity contribution in [1.82, 2.24) is 5.32 Å². The van der Waals surface area contributed by atoms with Crippen LogP contribution in [0.3, 0.4) is 0 Å². The molecular formula is C13H21NS3. The quantitative estimate of drug-likeness (QED) is 0.878. The highest BCUT2D eigenvalue weighted by Crippen LogP contribution is 2.39. The fourth-order valence-electron chi connectivity index (χ4n) is 2.16. The van der Waals surface area contributed by atoms with E-state index in [9.17, 15) is 0 Å². The molecule has 1 aromatic rings. The van der Waals surface area contributed by atoms with Crippen molar-refractivity contribution < 1.29 is 0 Å². The minimum absolute atomic E-state index is 0.544. The molecule has 3 atom stereocenters. The smallest absolute Gasteiger partial charge is 0.0546 e. The van der Waals surface area contributed by atoms with E-state index in [1.54, 1.807) is 0 Å². The number of hydrogen-bond acceptors (Lipinski definition) is 4. The third-order valence-corrected chi connectivity index (χ3v) is 7.18. The minimum Gasteiger partial charge on any atom is -0.308 e. The number of thioether (sulfide) groups is 2. The van der Waals surface area contributed by atoms with E-state index in [4.69, 9.17) is 0 Å². The van der Waals surface area contributed by atoms with Gasteiger partial charge in [-0.15, -0.1) is 11.3 Å². The molecular weight excluding hydrogens is 266 g/mol. The van der Waals surface area contributed by atoms with Gasteiger partial charge in [0.1, 0.15) is 0 Å². The van der Waals surface area contributed by atoms with Gasteiger partial charge in [-0.3, -0.25) is 0 Å². The van der Waals surface area contributed by atoms with Crippen molar-refractivity contribution in [1.29, 1.82) is 0 Å². The fraction of sp³-hybridized carbons (Fsp3) is 0.692. The third-order valence-electron chi connectivity index (χ3n) is 3.03. The second-order valence-electron chi connectivity index (χ2n) is 4.36. The average molecular weight is 288 g/mol. The van der Waals surface area contributed by atoms with Gasteiger partial charge in [0.25, 0.3) is 0 Å². The van der Waals surface area contributed by atoms with E-state index in [1.807, 2.05) is 11.3 Å². The summed E-state index contributed by atoms with van der Waals surface area (Å²) in [6, 6.07) is 5.00. The Morgan fingerprint density at radius 2 is 2.24 bits per heavy atom. The van der Waals surface area contributed by atoms with E-state index in [-0.39, 0.29) is 0 Å². The maximum atomic E-state index is 3.75. The monoisotopic (exact) mass is 287 g/mol. The summed E-state index contributed by atoms with van der Waals surface area (Å²) in [5.74, 6) is 2.61. The van der Waals surface area contributed by atoms with Crippen LogP contribution in [-0.2, 0) is 0 Å². The topological polar surface area (TPSA) is 12.0 Å². The SMILES string of the molecule is CCCNC(c1cccs1)C1SCCSC1C. The van der Waals surface area contributed by atoms with Gasteiger partial charge in [0.05, 0.1) is 6.04 Å². The fourth-order valence-corrected chi connectivity index (χ4v) is 6.03. The molecule has 2 rings (SSSR count). The van der Waals surface area contributed by atoms with Gasteiger partial charge in [0.2, 0.25) is 0 Å². The lowest BCUT2D eigenvalue weighted by atomic mass is 10.1. The molecule has 1 aliphatic rings. The Kier molecular flexibility index (Phi) is 5.74. The Morgan fingerprint density at radius 3 is 2.88 bits per heavy atom. The summed E-state index contributed by atoms with van der Waals surface area (Å²) < 4.78 is 0. The largest absolute Gasteiger partial charge is 0.308 e. The first-order valence-corrected chi connectivity index (χ1v) is 9.30. The molecule has 1 aliphatic heterocycles. The van der Waals surface area contributed by atoms with Crippen LogP contribution in [0.1, 0.15) is 31.2 Å². The highest BCUT2D eigenvalue weighted by Gasteiger charge is 2.31. The summed E-state index contributed by atoms with van der Waals surface area (Å²) in [4.78, 5) is 1.50. The Labute approximate surface area is 117 Å². The minimum atomic E-state index is 0.544. The van der Waals surface area contributed by atoms with Crippen molar-refractivity contribution in [3.63, 3.8) is 0 Å². The first kappa shape index (κ1) is 13.8. The van der Waals surface area contributed by atoms with Crippen LogP contribution in [0.15, 0.2) is 17.5 Å². The summed E-state index contributed by atoms with van der Waals surface area (Å²) in [5.41, 5.74) is 0. The molecule has 0 radical (unpaired) electrons. The van der Waals surface area contributed by atoms with E-state index in [2.05, 4.69) is 60.2 Å². The van der Waals surface area contributed by atoms with Crippen molar-refractivity contribution in [2.24, 2.45) is 0 Å². The molecule has 0 spiro atoms. The predicted molar refractivity (Wildman–Crippen MR) is 83.5 cm³/mol. The van der Waals surface area contributed by atoms with Crippen molar-refractivity contribution in [2.75, 3.05) is 18.1 Å². The van der Waals surface area contributed by atoms with E-state index in [1.165, 1.54) is 22.8 Å². The van der Waals surface area contributed by atoms with Crippen LogP contribution in [-0.4, -0.2) is 28.6 Å². The molecule has 0 aliphatic carbocycles. The van der Waals surface area contributed by atoms with Gasteiger partial charge >= 0.3 is 0 Å². The number of hydrogen-bond donors (Lipinski definition) is 1. The zero-order valence-electron chi connectivity index (χ0n) is 10.5. The Balaban J connectivity index is 2.08. The summed E-state index contributed by atoms with van der Waals surface area (Å²) in [6.07, 6.45) is 1.21. The number of thiophene rings is 1. The van der Waals surface area contributed by atoms with Crippen molar-refractivity contribution >= 4 is 34.9 Å². The van der Waals surface area contributed by atoms with Crippen LogP contribution < -0.4 is 5.32 Å². The van der Waals surface area contributed by atoms with Crippen LogP contribution in [0.5, 0.6) is 0 Å². The van der Waals surface area contributed by atoms with Crippen LogP contribution in [0, 0.1) is 0 Å². The zero-order chi connectivity index (χ0) is 12.1. The molecule has 1 saturated heterocycles. The van der Waals surface area contributed by atoms with Gasteiger partial charge in [-0.2, -0.15) is 23.5 Å². The van der Waals surface area contributed by atoms with Gasteiger partial charge in [-0.05, 0) is 24.4 Å². The maximum Gasteiger partial charge on any atom is 0.0546 e. The molecule has 1 N–H and O–H groups in total. The third kappa shape index (κ3) is 3.66. The molecule has 1 nitrogen and oxygen atoms in total. The van der Waals surface area contributed by atoms with Gasteiger partial charge in [-0.1, -0.05) is 19.9 Å². The highest BCUT2D eigenvalue weighted by molar-refractivity contribution is 8.07. The molecule has 1 aromatic heterocycles. The highest BCUT2D eigenvalue weighted by atomic mass is 32.2. The van der Waals surface area contributed by atoms with Crippen LogP contribution >= 0.6 is 34.9 Å². The van der Waals surface area contributed by atoms with Gasteiger partial charge in [0, 0.05) is 26.9 Å². The lowest BCUT2D eigenvalue weighted by Gasteiger charge is -2.34. The Bertz CT molecular complexity index is 312. The van der Waals surface area contributed by atoms with Gasteiger partial charge < -0.3 is 5.32 Å². The molecule has 0 saturated carbocycles. The molecule has 17 heavy (non-hydrogen) atoms. The molecule has 4 heteroatoms. The second-order valence-corrected chi connectivity index (χ2v) is 8.11. The molecule has 1 fully saturated rings. The van der Waals surface area contributed by atoms with Crippen molar-refractivity contribution in [2.45, 2.75) is 36.8 Å².